The number of hydrogen-bond acceptors (Lipinski definition) is 7. The zero-order valence-electron chi connectivity index (χ0n) is 22.4. The molecule has 0 aromatic heterocycles. The summed E-state index contributed by atoms with van der Waals surface area (Å²) in [6.07, 6.45) is 0. The molecule has 0 spiro atoms. The Labute approximate surface area is 241 Å². The van der Waals surface area contributed by atoms with Gasteiger partial charge in [0.15, 0.2) is 0 Å². The smallest absolute Gasteiger partial charge is 0.339 e. The molecule has 9 nitrogen and oxygen atoms in total. The fourth-order valence-electron chi connectivity index (χ4n) is 5.31. The SMILES string of the molecule is CCOC(=O)C1=C(c2ccc([N+](=O)[O-])cc2)C([N+](=O)[O-])=C(O)C1=P(c1ccccc1)(c1ccccc1)c1ccccc1. The van der Waals surface area contributed by atoms with Gasteiger partial charge in [-0.05, 0) is 47.4 Å². The van der Waals surface area contributed by atoms with Crippen molar-refractivity contribution in [3.8, 4) is 0 Å². The molecule has 10 heteroatoms. The van der Waals surface area contributed by atoms with E-state index in [0.717, 1.165) is 15.9 Å². The van der Waals surface area contributed by atoms with E-state index < -0.39 is 34.2 Å². The number of non-ortho nitro benzene ring substituents is 1. The van der Waals surface area contributed by atoms with Crippen molar-refractivity contribution in [2.24, 2.45) is 0 Å². The lowest BCUT2D eigenvalue weighted by atomic mass is 10.0. The van der Waals surface area contributed by atoms with Crippen LogP contribution in [0, 0.1) is 20.2 Å². The summed E-state index contributed by atoms with van der Waals surface area (Å²) in [6.45, 7) is -1.62. The summed E-state index contributed by atoms with van der Waals surface area (Å²) < 4.78 is 5.48. The molecule has 0 aliphatic heterocycles. The lowest BCUT2D eigenvalue weighted by Crippen LogP contribution is -2.33. The Morgan fingerprint density at radius 1 is 0.738 bits per heavy atom. The molecule has 0 saturated carbocycles. The summed E-state index contributed by atoms with van der Waals surface area (Å²) in [5.74, 6) is -1.50. The van der Waals surface area contributed by atoms with Crippen LogP contribution in [0.25, 0.3) is 5.57 Å². The quantitative estimate of drug-likeness (QED) is 0.132. The fraction of sp³-hybridized carbons (Fsp3) is 0.0625. The van der Waals surface area contributed by atoms with Gasteiger partial charge in [0.05, 0.1) is 27.6 Å². The average molecular weight is 581 g/mol. The highest BCUT2D eigenvalue weighted by atomic mass is 31.2. The number of aliphatic hydroxyl groups excluding tert-OH is 1. The van der Waals surface area contributed by atoms with Gasteiger partial charge in [0, 0.05) is 17.4 Å². The number of esters is 1. The predicted molar refractivity (Wildman–Crippen MR) is 163 cm³/mol. The van der Waals surface area contributed by atoms with E-state index in [-0.39, 0.29) is 34.3 Å². The second-order valence-corrected chi connectivity index (χ2v) is 12.6. The Balaban J connectivity index is 2.09. The molecule has 0 saturated heterocycles. The number of aliphatic hydroxyl groups is 1. The molecule has 1 aliphatic rings. The minimum absolute atomic E-state index is 0.0226. The van der Waals surface area contributed by atoms with Crippen LogP contribution < -0.4 is 15.9 Å². The second-order valence-electron chi connectivity index (χ2n) is 9.25. The first kappa shape index (κ1) is 28.3. The Hall–Kier alpha value is -5.27. The highest BCUT2D eigenvalue weighted by molar-refractivity contribution is 7.96. The molecule has 5 rings (SSSR count). The van der Waals surface area contributed by atoms with Gasteiger partial charge in [0.1, 0.15) is 0 Å². The number of carbonyl (C=O) groups excluding carboxylic acids is 1. The van der Waals surface area contributed by atoms with Gasteiger partial charge in [-0.1, -0.05) is 91.0 Å². The fourth-order valence-corrected chi connectivity index (χ4v) is 9.80. The first-order valence-corrected chi connectivity index (χ1v) is 14.8. The van der Waals surface area contributed by atoms with Gasteiger partial charge in [-0.25, -0.2) is 4.79 Å². The van der Waals surface area contributed by atoms with Crippen molar-refractivity contribution in [3.05, 3.63) is 158 Å². The molecule has 42 heavy (non-hydrogen) atoms. The summed E-state index contributed by atoms with van der Waals surface area (Å²) in [6, 6.07) is 32.9. The van der Waals surface area contributed by atoms with E-state index in [1.165, 1.54) is 24.3 Å². The standard InChI is InChI=1S/C32H25N2O7P/c1-2-41-32(36)28-27(22-18-20-23(21-19-22)33(37)38)29(34(39)40)30(35)31(28)42(24-12-6-3-7-13-24,25-14-8-4-9-15-25)26-16-10-5-11-17-26/h3-21,35H,2H2,1H3. The van der Waals surface area contributed by atoms with Gasteiger partial charge in [0.2, 0.25) is 5.76 Å². The Morgan fingerprint density at radius 3 is 1.57 bits per heavy atom. The van der Waals surface area contributed by atoms with Crippen molar-refractivity contribution >= 4 is 45.3 Å². The van der Waals surface area contributed by atoms with E-state index in [0.29, 0.717) is 0 Å². The van der Waals surface area contributed by atoms with E-state index >= 15 is 0 Å². The number of allylic oxidation sites excluding steroid dienone is 2. The number of rotatable bonds is 8. The molecule has 0 unspecified atom stereocenters. The minimum atomic E-state index is -3.21. The topological polar surface area (TPSA) is 133 Å². The Kier molecular flexibility index (Phi) is 7.86. The van der Waals surface area contributed by atoms with Crippen LogP contribution in [0.15, 0.2) is 132 Å². The van der Waals surface area contributed by atoms with E-state index in [9.17, 15) is 30.1 Å². The Bertz CT molecular complexity index is 1690. The third-order valence-corrected chi connectivity index (χ3v) is 11.3. The molecule has 0 heterocycles. The van der Waals surface area contributed by atoms with E-state index in [2.05, 4.69) is 0 Å². The number of nitro benzene ring substituents is 1. The van der Waals surface area contributed by atoms with Gasteiger partial charge >= 0.3 is 11.7 Å². The van der Waals surface area contributed by atoms with Crippen molar-refractivity contribution in [3.63, 3.8) is 0 Å². The van der Waals surface area contributed by atoms with Crippen LogP contribution in [-0.4, -0.2) is 32.8 Å². The highest BCUT2D eigenvalue weighted by Gasteiger charge is 2.47. The van der Waals surface area contributed by atoms with Gasteiger partial charge in [-0.3, -0.25) is 20.2 Å². The highest BCUT2D eigenvalue weighted by Crippen LogP contribution is 2.53. The number of benzene rings is 4. The summed E-state index contributed by atoms with van der Waals surface area (Å²) >= 11 is 0. The van der Waals surface area contributed by atoms with Crippen molar-refractivity contribution in [2.45, 2.75) is 6.92 Å². The van der Waals surface area contributed by atoms with Crippen molar-refractivity contribution in [2.75, 3.05) is 6.61 Å². The first-order chi connectivity index (χ1) is 20.3. The van der Waals surface area contributed by atoms with Crippen LogP contribution in [-0.2, 0) is 9.53 Å². The molecule has 0 atom stereocenters. The molecule has 0 fully saturated rings. The third kappa shape index (κ3) is 4.70. The van der Waals surface area contributed by atoms with E-state index in [1.54, 1.807) is 6.92 Å². The van der Waals surface area contributed by atoms with Crippen molar-refractivity contribution < 1.29 is 24.5 Å². The molecule has 1 aliphatic carbocycles. The monoisotopic (exact) mass is 580 g/mol. The molecule has 0 bridgehead atoms. The number of ether oxygens (including phenoxy) is 1. The largest absolute Gasteiger partial charge is 0.502 e. The van der Waals surface area contributed by atoms with Gasteiger partial charge < -0.3 is 9.84 Å². The number of nitrogens with zero attached hydrogens (tertiary/aromatic N) is 2. The second kappa shape index (κ2) is 11.7. The van der Waals surface area contributed by atoms with Crippen molar-refractivity contribution in [1.82, 2.24) is 0 Å². The van der Waals surface area contributed by atoms with Crippen LogP contribution in [0.3, 0.4) is 0 Å². The van der Waals surface area contributed by atoms with Gasteiger partial charge in [0.25, 0.3) is 5.69 Å². The van der Waals surface area contributed by atoms with E-state index in [1.807, 2.05) is 91.0 Å². The maximum atomic E-state index is 13.9. The molecular weight excluding hydrogens is 555 g/mol. The lowest BCUT2D eigenvalue weighted by molar-refractivity contribution is -0.418. The summed E-state index contributed by atoms with van der Waals surface area (Å²) in [7, 11) is 0. The molecule has 4 aromatic carbocycles. The molecular formula is C32H25N2O7P. The zero-order valence-corrected chi connectivity index (χ0v) is 23.3. The van der Waals surface area contributed by atoms with Crippen LogP contribution in [0.2, 0.25) is 0 Å². The van der Waals surface area contributed by atoms with Crippen LogP contribution >= 0.6 is 6.89 Å². The third-order valence-electron chi connectivity index (χ3n) is 6.97. The maximum absolute atomic E-state index is 13.9. The van der Waals surface area contributed by atoms with Crippen LogP contribution in [0.4, 0.5) is 5.69 Å². The number of carbonyl (C=O) groups is 1. The minimum Gasteiger partial charge on any atom is -0.502 e. The van der Waals surface area contributed by atoms with Gasteiger partial charge in [-0.15, -0.1) is 0 Å². The molecule has 210 valence electrons. The number of hydrogen-bond donors (Lipinski definition) is 1. The van der Waals surface area contributed by atoms with Crippen LogP contribution in [0.1, 0.15) is 12.5 Å². The Morgan fingerprint density at radius 2 is 1.19 bits per heavy atom. The number of nitro groups is 2. The molecule has 0 amide bonds. The summed E-state index contributed by atoms with van der Waals surface area (Å²) in [4.78, 5) is 36.6. The molecule has 4 aromatic rings. The van der Waals surface area contributed by atoms with E-state index in [4.69, 9.17) is 4.74 Å². The lowest BCUT2D eigenvalue weighted by Gasteiger charge is -2.32. The summed E-state index contributed by atoms with van der Waals surface area (Å²) in [5, 5.41) is 38.3. The normalized spacial score (nSPS) is 13.3. The zero-order chi connectivity index (χ0) is 29.9. The van der Waals surface area contributed by atoms with Gasteiger partial charge in [-0.2, -0.15) is 0 Å². The van der Waals surface area contributed by atoms with Crippen molar-refractivity contribution in [1.29, 1.82) is 0 Å². The maximum Gasteiger partial charge on any atom is 0.339 e. The van der Waals surface area contributed by atoms with Crippen LogP contribution in [0.5, 0.6) is 0 Å². The average Bonchev–Trinajstić information content (AvgIpc) is 3.33. The summed E-state index contributed by atoms with van der Waals surface area (Å²) in [5.41, 5.74) is -1.05. The molecule has 0 radical (unpaired) electrons. The predicted octanol–water partition coefficient (Wildman–Crippen LogP) is 5.14. The first-order valence-electron chi connectivity index (χ1n) is 13.0. The molecule has 1 N–H and O–H groups in total.